The summed E-state index contributed by atoms with van der Waals surface area (Å²) in [5.41, 5.74) is 0.896. The SMILES string of the molecule is CCCc1ccc([C@]2(C)NC(=O)N(CC(=O)Nc3ccc(S(C)(=O)=O)cc3)C2=O)cc1. The van der Waals surface area contributed by atoms with Gasteiger partial charge in [-0.2, -0.15) is 0 Å². The van der Waals surface area contributed by atoms with Crippen LogP contribution in [0.2, 0.25) is 0 Å². The summed E-state index contributed by atoms with van der Waals surface area (Å²) in [5, 5.41) is 5.25. The highest BCUT2D eigenvalue weighted by Crippen LogP contribution is 2.29. The van der Waals surface area contributed by atoms with Crippen LogP contribution in [0.3, 0.4) is 0 Å². The van der Waals surface area contributed by atoms with Crippen molar-refractivity contribution in [3.8, 4) is 0 Å². The van der Waals surface area contributed by atoms with Crippen LogP contribution in [-0.4, -0.2) is 44.0 Å². The number of amides is 4. The van der Waals surface area contributed by atoms with E-state index in [1.54, 1.807) is 6.92 Å². The number of imide groups is 1. The molecular formula is C22H25N3O5S. The third kappa shape index (κ3) is 4.77. The number of sulfone groups is 1. The normalized spacial score (nSPS) is 18.7. The van der Waals surface area contributed by atoms with Gasteiger partial charge in [0.2, 0.25) is 5.91 Å². The van der Waals surface area contributed by atoms with Gasteiger partial charge in [-0.1, -0.05) is 37.6 Å². The predicted molar refractivity (Wildman–Crippen MR) is 116 cm³/mol. The minimum absolute atomic E-state index is 0.125. The van der Waals surface area contributed by atoms with Gasteiger partial charge in [-0.25, -0.2) is 13.2 Å². The minimum Gasteiger partial charge on any atom is -0.325 e. The molecular weight excluding hydrogens is 418 g/mol. The number of anilines is 1. The molecule has 0 aromatic heterocycles. The number of aryl methyl sites for hydroxylation is 1. The fourth-order valence-electron chi connectivity index (χ4n) is 3.46. The Morgan fingerprint density at radius 1 is 1.06 bits per heavy atom. The molecule has 0 aliphatic carbocycles. The average Bonchev–Trinajstić information content (AvgIpc) is 2.92. The van der Waals surface area contributed by atoms with Gasteiger partial charge >= 0.3 is 6.03 Å². The second kappa shape index (κ2) is 8.50. The maximum atomic E-state index is 13.0. The van der Waals surface area contributed by atoms with Crippen molar-refractivity contribution in [3.63, 3.8) is 0 Å². The molecule has 9 heteroatoms. The van der Waals surface area contributed by atoms with E-state index in [1.807, 2.05) is 24.3 Å². The van der Waals surface area contributed by atoms with Crippen LogP contribution >= 0.6 is 0 Å². The van der Waals surface area contributed by atoms with Crippen molar-refractivity contribution in [1.82, 2.24) is 10.2 Å². The van der Waals surface area contributed by atoms with Crippen LogP contribution in [0.15, 0.2) is 53.4 Å². The third-order valence-corrected chi connectivity index (χ3v) is 6.34. The van der Waals surface area contributed by atoms with Crippen LogP contribution in [0.1, 0.15) is 31.4 Å². The van der Waals surface area contributed by atoms with Crippen molar-refractivity contribution in [2.45, 2.75) is 37.1 Å². The Hall–Kier alpha value is -3.20. The summed E-state index contributed by atoms with van der Waals surface area (Å²) < 4.78 is 23.0. The Bertz CT molecular complexity index is 1110. The molecule has 31 heavy (non-hydrogen) atoms. The Morgan fingerprint density at radius 3 is 2.23 bits per heavy atom. The van der Waals surface area contributed by atoms with Crippen LogP contribution in [-0.2, 0) is 31.4 Å². The number of nitrogens with zero attached hydrogens (tertiary/aromatic N) is 1. The summed E-state index contributed by atoms with van der Waals surface area (Å²) in [6, 6.07) is 12.5. The average molecular weight is 444 g/mol. The summed E-state index contributed by atoms with van der Waals surface area (Å²) in [5.74, 6) is -1.08. The maximum Gasteiger partial charge on any atom is 0.325 e. The Kier molecular flexibility index (Phi) is 6.17. The molecule has 1 heterocycles. The fraction of sp³-hybridized carbons (Fsp3) is 0.318. The van der Waals surface area contributed by atoms with Crippen molar-refractivity contribution in [3.05, 3.63) is 59.7 Å². The molecule has 0 bridgehead atoms. The van der Waals surface area contributed by atoms with E-state index in [0.29, 0.717) is 11.3 Å². The van der Waals surface area contributed by atoms with Crippen LogP contribution in [0.25, 0.3) is 0 Å². The Labute approximate surface area is 181 Å². The summed E-state index contributed by atoms with van der Waals surface area (Å²) in [6.07, 6.45) is 3.02. The molecule has 2 N–H and O–H groups in total. The first-order chi connectivity index (χ1) is 14.5. The van der Waals surface area contributed by atoms with Crippen molar-refractivity contribution < 1.29 is 22.8 Å². The standard InChI is InChI=1S/C22H25N3O5S/c1-4-5-15-6-8-16(9-7-15)22(2)20(27)25(21(28)24-22)14-19(26)23-17-10-12-18(13-11-17)31(3,29)30/h6-13H,4-5,14H2,1-3H3,(H,23,26)(H,24,28)/t22-/m0/s1. The lowest BCUT2D eigenvalue weighted by atomic mass is 9.91. The van der Waals surface area contributed by atoms with Crippen LogP contribution < -0.4 is 10.6 Å². The van der Waals surface area contributed by atoms with Crippen molar-refractivity contribution >= 4 is 33.4 Å². The number of urea groups is 1. The van der Waals surface area contributed by atoms with E-state index in [4.69, 9.17) is 0 Å². The Morgan fingerprint density at radius 2 is 1.68 bits per heavy atom. The second-order valence-corrected chi connectivity index (χ2v) is 9.75. The summed E-state index contributed by atoms with van der Waals surface area (Å²) in [4.78, 5) is 38.8. The molecule has 164 valence electrons. The van der Waals surface area contributed by atoms with E-state index in [-0.39, 0.29) is 4.90 Å². The molecule has 2 aromatic carbocycles. The number of carbonyl (C=O) groups excluding carboxylic acids is 3. The number of nitrogens with one attached hydrogen (secondary N) is 2. The van der Waals surface area contributed by atoms with Gasteiger partial charge in [0.1, 0.15) is 12.1 Å². The van der Waals surface area contributed by atoms with Crippen molar-refractivity contribution in [2.24, 2.45) is 0 Å². The number of hydrogen-bond donors (Lipinski definition) is 2. The van der Waals surface area contributed by atoms with E-state index in [0.717, 1.165) is 29.6 Å². The third-order valence-electron chi connectivity index (χ3n) is 5.21. The number of hydrogen-bond acceptors (Lipinski definition) is 5. The largest absolute Gasteiger partial charge is 0.325 e. The first kappa shape index (κ1) is 22.5. The zero-order valence-electron chi connectivity index (χ0n) is 17.6. The number of rotatable bonds is 7. The zero-order valence-corrected chi connectivity index (χ0v) is 18.5. The highest BCUT2D eigenvalue weighted by molar-refractivity contribution is 7.90. The zero-order chi connectivity index (χ0) is 22.8. The van der Waals surface area contributed by atoms with Gasteiger partial charge in [0.05, 0.1) is 4.90 Å². The van der Waals surface area contributed by atoms with Crippen molar-refractivity contribution in [1.29, 1.82) is 0 Å². The minimum atomic E-state index is -3.35. The molecule has 8 nitrogen and oxygen atoms in total. The predicted octanol–water partition coefficient (Wildman–Crippen LogP) is 2.45. The topological polar surface area (TPSA) is 113 Å². The van der Waals surface area contributed by atoms with Gasteiger partial charge in [-0.05, 0) is 48.7 Å². The summed E-state index contributed by atoms with van der Waals surface area (Å²) >= 11 is 0. The molecule has 1 aliphatic heterocycles. The van der Waals surface area contributed by atoms with Gasteiger partial charge in [0.25, 0.3) is 5.91 Å². The van der Waals surface area contributed by atoms with Gasteiger partial charge < -0.3 is 10.6 Å². The maximum absolute atomic E-state index is 13.0. The quantitative estimate of drug-likeness (QED) is 0.639. The molecule has 0 radical (unpaired) electrons. The van der Waals surface area contributed by atoms with E-state index < -0.39 is 39.8 Å². The van der Waals surface area contributed by atoms with Gasteiger partial charge in [-0.15, -0.1) is 0 Å². The Balaban J connectivity index is 1.70. The molecule has 0 saturated carbocycles. The lowest BCUT2D eigenvalue weighted by molar-refractivity contribution is -0.133. The molecule has 0 unspecified atom stereocenters. The highest BCUT2D eigenvalue weighted by Gasteiger charge is 2.49. The van der Waals surface area contributed by atoms with Crippen LogP contribution in [0.4, 0.5) is 10.5 Å². The second-order valence-electron chi connectivity index (χ2n) is 7.74. The first-order valence-corrected chi connectivity index (χ1v) is 11.8. The van der Waals surface area contributed by atoms with Gasteiger partial charge in [0.15, 0.2) is 9.84 Å². The number of benzene rings is 2. The summed E-state index contributed by atoms with van der Waals surface area (Å²) in [7, 11) is -3.35. The molecule has 1 atom stereocenters. The van der Waals surface area contributed by atoms with Gasteiger partial charge in [-0.3, -0.25) is 14.5 Å². The van der Waals surface area contributed by atoms with Crippen molar-refractivity contribution in [2.75, 3.05) is 18.1 Å². The van der Waals surface area contributed by atoms with Gasteiger partial charge in [0, 0.05) is 11.9 Å². The van der Waals surface area contributed by atoms with Crippen LogP contribution in [0.5, 0.6) is 0 Å². The molecule has 1 fully saturated rings. The molecule has 1 aliphatic rings. The highest BCUT2D eigenvalue weighted by atomic mass is 32.2. The molecule has 1 saturated heterocycles. The fourth-order valence-corrected chi connectivity index (χ4v) is 4.09. The number of carbonyl (C=O) groups is 3. The lowest BCUT2D eigenvalue weighted by Gasteiger charge is -2.22. The first-order valence-electron chi connectivity index (χ1n) is 9.88. The van der Waals surface area contributed by atoms with E-state index in [9.17, 15) is 22.8 Å². The van der Waals surface area contributed by atoms with Crippen LogP contribution in [0, 0.1) is 0 Å². The van der Waals surface area contributed by atoms with E-state index >= 15 is 0 Å². The van der Waals surface area contributed by atoms with E-state index in [1.165, 1.54) is 24.3 Å². The lowest BCUT2D eigenvalue weighted by Crippen LogP contribution is -2.42. The molecule has 0 spiro atoms. The molecule has 2 aromatic rings. The monoisotopic (exact) mass is 443 g/mol. The molecule has 4 amide bonds. The summed E-state index contributed by atoms with van der Waals surface area (Å²) in [6.45, 7) is 3.24. The van der Waals surface area contributed by atoms with E-state index in [2.05, 4.69) is 17.6 Å². The smallest absolute Gasteiger partial charge is 0.325 e. The molecule has 3 rings (SSSR count).